The van der Waals surface area contributed by atoms with Crippen LogP contribution in [0.3, 0.4) is 0 Å². The van der Waals surface area contributed by atoms with Crippen LogP contribution in [0.25, 0.3) is 21.8 Å². The zero-order valence-electron chi connectivity index (χ0n) is 17.6. The van der Waals surface area contributed by atoms with Gasteiger partial charge in [0.05, 0.1) is 16.7 Å². The Morgan fingerprint density at radius 1 is 0.793 bits per heavy atom. The predicted octanol–water partition coefficient (Wildman–Crippen LogP) is 6.97. The van der Waals surface area contributed by atoms with Crippen LogP contribution in [0.5, 0.6) is 0 Å². The highest BCUT2D eigenvalue weighted by molar-refractivity contribution is 6.02. The summed E-state index contributed by atoms with van der Waals surface area (Å²) in [5.74, 6) is 0.883. The molecule has 0 saturated carbocycles. The zero-order valence-corrected chi connectivity index (χ0v) is 17.6. The lowest BCUT2D eigenvalue weighted by Gasteiger charge is -2.16. The summed E-state index contributed by atoms with van der Waals surface area (Å²) in [5, 5.41) is 2.23. The third-order valence-electron chi connectivity index (χ3n) is 5.35. The van der Waals surface area contributed by atoms with Crippen LogP contribution in [-0.4, -0.2) is 16.2 Å². The molecular weight excluding hydrogens is 354 g/mol. The van der Waals surface area contributed by atoms with Gasteiger partial charge in [-0.25, -0.2) is 0 Å². The van der Waals surface area contributed by atoms with Crippen LogP contribution < -0.4 is 0 Å². The van der Waals surface area contributed by atoms with Crippen molar-refractivity contribution in [2.75, 3.05) is 0 Å². The first-order valence-corrected chi connectivity index (χ1v) is 10.3. The minimum atomic E-state index is 0.442. The monoisotopic (exact) mass is 381 g/mol. The van der Waals surface area contributed by atoms with Gasteiger partial charge in [-0.3, -0.25) is 15.0 Å². The van der Waals surface area contributed by atoms with Crippen molar-refractivity contribution in [2.24, 2.45) is 4.99 Å². The largest absolute Gasteiger partial charge is 0.260 e. The molecule has 0 saturated heterocycles. The van der Waals surface area contributed by atoms with E-state index in [9.17, 15) is 0 Å². The number of hydrogen-bond donors (Lipinski definition) is 0. The molecule has 0 atom stereocenters. The second-order valence-electron chi connectivity index (χ2n) is 8.13. The molecule has 0 amide bonds. The number of pyridine rings is 2. The van der Waals surface area contributed by atoms with Crippen molar-refractivity contribution in [3.63, 3.8) is 0 Å². The molecule has 3 heteroatoms. The minimum absolute atomic E-state index is 0.442. The van der Waals surface area contributed by atoms with Gasteiger partial charge < -0.3 is 0 Å². The lowest BCUT2D eigenvalue weighted by Crippen LogP contribution is -1.97. The Labute approximate surface area is 172 Å². The molecule has 0 radical (unpaired) electrons. The molecule has 0 spiro atoms. The van der Waals surface area contributed by atoms with Crippen molar-refractivity contribution in [3.8, 4) is 0 Å². The number of benzene rings is 2. The standard InChI is InChI=1S/C26H27N3/c1-17(2)22-8-5-9-23(18(3)4)26(22)28-16-14-21-13-12-20-11-10-19-7-6-15-27-24(19)25(20)29-21/h5-13,15-18H,14H2,1-4H3. The fraction of sp³-hybridized carbons (Fsp3) is 0.269. The summed E-state index contributed by atoms with van der Waals surface area (Å²) >= 11 is 0. The number of nitrogens with zero attached hydrogens (tertiary/aromatic N) is 3. The fourth-order valence-corrected chi connectivity index (χ4v) is 3.77. The SMILES string of the molecule is CC(C)c1cccc(C(C)C)c1N=CCc1ccc2ccc3cccnc3c2n1. The van der Waals surface area contributed by atoms with E-state index in [1.54, 1.807) is 0 Å². The van der Waals surface area contributed by atoms with Crippen molar-refractivity contribution in [3.05, 3.63) is 77.6 Å². The molecule has 0 fully saturated rings. The molecule has 2 heterocycles. The molecule has 0 unspecified atom stereocenters. The van der Waals surface area contributed by atoms with Gasteiger partial charge >= 0.3 is 0 Å². The predicted molar refractivity (Wildman–Crippen MR) is 124 cm³/mol. The van der Waals surface area contributed by atoms with Gasteiger partial charge in [-0.05, 0) is 35.1 Å². The van der Waals surface area contributed by atoms with E-state index >= 15 is 0 Å². The molecule has 2 aromatic heterocycles. The van der Waals surface area contributed by atoms with Gasteiger partial charge in [-0.1, -0.05) is 70.2 Å². The molecule has 0 N–H and O–H groups in total. The molecule has 3 nitrogen and oxygen atoms in total. The van der Waals surface area contributed by atoms with Gasteiger partial charge in [0.2, 0.25) is 0 Å². The van der Waals surface area contributed by atoms with Crippen molar-refractivity contribution >= 4 is 33.7 Å². The molecule has 4 rings (SSSR count). The van der Waals surface area contributed by atoms with Gasteiger partial charge in [0.1, 0.15) is 0 Å². The van der Waals surface area contributed by atoms with Crippen LogP contribution in [0.1, 0.15) is 56.4 Å². The molecule has 2 aromatic carbocycles. The van der Waals surface area contributed by atoms with E-state index in [1.807, 2.05) is 18.5 Å². The molecule has 0 aliphatic carbocycles. The molecule has 146 valence electrons. The van der Waals surface area contributed by atoms with Gasteiger partial charge in [-0.2, -0.15) is 0 Å². The quantitative estimate of drug-likeness (QED) is 0.276. The smallest absolute Gasteiger partial charge is 0.0968 e. The highest BCUT2D eigenvalue weighted by Crippen LogP contribution is 2.34. The molecule has 0 bridgehead atoms. The van der Waals surface area contributed by atoms with Gasteiger partial charge in [0, 0.05) is 35.3 Å². The Morgan fingerprint density at radius 3 is 2.14 bits per heavy atom. The van der Waals surface area contributed by atoms with Crippen molar-refractivity contribution in [2.45, 2.75) is 46.0 Å². The Bertz CT molecular complexity index is 1160. The topological polar surface area (TPSA) is 38.1 Å². The van der Waals surface area contributed by atoms with Crippen LogP contribution in [0, 0.1) is 0 Å². The number of rotatable bonds is 5. The van der Waals surface area contributed by atoms with E-state index in [2.05, 4.69) is 81.2 Å². The third-order valence-corrected chi connectivity index (χ3v) is 5.35. The van der Waals surface area contributed by atoms with E-state index in [0.29, 0.717) is 18.3 Å². The van der Waals surface area contributed by atoms with Crippen molar-refractivity contribution < 1.29 is 0 Å². The highest BCUT2D eigenvalue weighted by Gasteiger charge is 2.12. The summed E-state index contributed by atoms with van der Waals surface area (Å²) in [4.78, 5) is 14.3. The Morgan fingerprint density at radius 2 is 1.45 bits per heavy atom. The first-order chi connectivity index (χ1) is 14.0. The molecule has 0 aliphatic heterocycles. The van der Waals surface area contributed by atoms with Crippen LogP contribution in [0.4, 0.5) is 5.69 Å². The highest BCUT2D eigenvalue weighted by atomic mass is 14.8. The summed E-state index contributed by atoms with van der Waals surface area (Å²) in [6, 6.07) is 19.0. The summed E-state index contributed by atoms with van der Waals surface area (Å²) in [6.07, 6.45) is 4.52. The number of aliphatic imine (C=N–C) groups is 1. The van der Waals surface area contributed by atoms with Crippen LogP contribution >= 0.6 is 0 Å². The van der Waals surface area contributed by atoms with Crippen LogP contribution in [0.2, 0.25) is 0 Å². The number of para-hydroxylation sites is 1. The lowest BCUT2D eigenvalue weighted by molar-refractivity contribution is 0.835. The second-order valence-corrected chi connectivity index (χ2v) is 8.13. The minimum Gasteiger partial charge on any atom is -0.260 e. The van der Waals surface area contributed by atoms with Gasteiger partial charge in [-0.15, -0.1) is 0 Å². The number of fused-ring (bicyclic) bond motifs is 3. The van der Waals surface area contributed by atoms with E-state index in [1.165, 1.54) is 11.1 Å². The van der Waals surface area contributed by atoms with Gasteiger partial charge in [0.25, 0.3) is 0 Å². The molecular formula is C26H27N3. The third kappa shape index (κ3) is 3.91. The summed E-state index contributed by atoms with van der Waals surface area (Å²) in [5.41, 5.74) is 6.64. The van der Waals surface area contributed by atoms with E-state index in [0.717, 1.165) is 33.2 Å². The number of hydrogen-bond acceptors (Lipinski definition) is 3. The maximum absolute atomic E-state index is 4.91. The summed E-state index contributed by atoms with van der Waals surface area (Å²) in [7, 11) is 0. The maximum Gasteiger partial charge on any atom is 0.0968 e. The second kappa shape index (κ2) is 8.12. The van der Waals surface area contributed by atoms with E-state index < -0.39 is 0 Å². The maximum atomic E-state index is 4.91. The average molecular weight is 382 g/mol. The number of aromatic nitrogens is 2. The summed E-state index contributed by atoms with van der Waals surface area (Å²) < 4.78 is 0. The van der Waals surface area contributed by atoms with Gasteiger partial charge in [0.15, 0.2) is 0 Å². The van der Waals surface area contributed by atoms with Crippen molar-refractivity contribution in [1.82, 2.24) is 9.97 Å². The summed E-state index contributed by atoms with van der Waals surface area (Å²) in [6.45, 7) is 8.89. The van der Waals surface area contributed by atoms with Crippen LogP contribution in [-0.2, 0) is 6.42 Å². The Balaban J connectivity index is 1.68. The first-order valence-electron chi connectivity index (χ1n) is 10.3. The zero-order chi connectivity index (χ0) is 20.4. The van der Waals surface area contributed by atoms with Crippen molar-refractivity contribution in [1.29, 1.82) is 0 Å². The Hall–Kier alpha value is -3.07. The van der Waals surface area contributed by atoms with E-state index in [-0.39, 0.29) is 0 Å². The first kappa shape index (κ1) is 19.3. The molecule has 29 heavy (non-hydrogen) atoms. The average Bonchev–Trinajstić information content (AvgIpc) is 2.73. The molecule has 0 aliphatic rings. The normalized spacial score (nSPS) is 12.1. The fourth-order valence-electron chi connectivity index (χ4n) is 3.77. The molecule has 4 aromatic rings. The Kier molecular flexibility index (Phi) is 5.39. The lowest BCUT2D eigenvalue weighted by atomic mass is 9.93. The van der Waals surface area contributed by atoms with Crippen LogP contribution in [0.15, 0.2) is 65.8 Å². The van der Waals surface area contributed by atoms with E-state index in [4.69, 9.17) is 9.98 Å².